The van der Waals surface area contributed by atoms with E-state index in [9.17, 15) is 35.5 Å². The molecule has 0 fully saturated rings. The third-order valence-electron chi connectivity index (χ3n) is 4.29. The molecule has 2 aromatic rings. The molecule has 0 spiro atoms. The fourth-order valence-corrected chi connectivity index (χ4v) is 2.78. The van der Waals surface area contributed by atoms with Crippen LogP contribution in [-0.2, 0) is 28.7 Å². The molecule has 0 saturated carbocycles. The van der Waals surface area contributed by atoms with Crippen molar-refractivity contribution >= 4 is 5.97 Å². The lowest BCUT2D eigenvalue weighted by Gasteiger charge is -2.20. The number of nitrogens with zero attached hydrogens (tertiary/aromatic N) is 2. The van der Waals surface area contributed by atoms with Crippen molar-refractivity contribution in [1.29, 1.82) is 0 Å². The van der Waals surface area contributed by atoms with E-state index < -0.39 is 77.2 Å². The average molecular weight is 448 g/mol. The number of ether oxygens (including phenoxy) is 1. The van der Waals surface area contributed by atoms with Crippen molar-refractivity contribution in [2.45, 2.75) is 39.0 Å². The standard InChI is InChI=1S/C20H15F7N2O2/c1-4-5-11-14(21)16(23)12(17(24)15(11)22)8-31-18(30)13(9(2)3)10-6-28-19(29-7-10)20(25,26)27/h1,6-7,9,13H,5,8H2,2-3H3. The van der Waals surface area contributed by atoms with Gasteiger partial charge in [0.05, 0.1) is 11.5 Å². The second kappa shape index (κ2) is 9.32. The molecule has 0 aliphatic carbocycles. The number of halogens is 7. The van der Waals surface area contributed by atoms with Crippen LogP contribution in [0.25, 0.3) is 0 Å². The minimum atomic E-state index is -4.79. The number of hydrogen-bond acceptors (Lipinski definition) is 4. The molecule has 11 heteroatoms. The maximum atomic E-state index is 14.1. The number of rotatable bonds is 6. The second-order valence-corrected chi connectivity index (χ2v) is 6.76. The molecule has 0 N–H and O–H groups in total. The quantitative estimate of drug-likeness (QED) is 0.278. The Morgan fingerprint density at radius 2 is 1.52 bits per heavy atom. The summed E-state index contributed by atoms with van der Waals surface area (Å²) in [5.74, 6) is -9.37. The van der Waals surface area contributed by atoms with Gasteiger partial charge in [0.2, 0.25) is 5.82 Å². The zero-order chi connectivity index (χ0) is 23.5. The summed E-state index contributed by atoms with van der Waals surface area (Å²) in [6.07, 6.45) is 0.974. The first kappa shape index (κ1) is 24.1. The summed E-state index contributed by atoms with van der Waals surface area (Å²) in [7, 11) is 0. The van der Waals surface area contributed by atoms with E-state index >= 15 is 0 Å². The first-order chi connectivity index (χ1) is 14.4. The molecule has 1 aromatic heterocycles. The SMILES string of the molecule is C#CCc1c(F)c(F)c(COC(=O)C(c2cnc(C(F)(F)F)nc2)C(C)C)c(F)c1F. The highest BCUT2D eigenvalue weighted by atomic mass is 19.4. The molecule has 0 radical (unpaired) electrons. The number of alkyl halides is 3. The highest BCUT2D eigenvalue weighted by Crippen LogP contribution is 2.30. The maximum Gasteiger partial charge on any atom is 0.451 e. The highest BCUT2D eigenvalue weighted by molar-refractivity contribution is 5.78. The van der Waals surface area contributed by atoms with Gasteiger partial charge in [0.25, 0.3) is 0 Å². The van der Waals surface area contributed by atoms with Crippen molar-refractivity contribution in [1.82, 2.24) is 9.97 Å². The van der Waals surface area contributed by atoms with Gasteiger partial charge in [0.1, 0.15) is 6.61 Å². The number of carbonyl (C=O) groups excluding carboxylic acids is 1. The van der Waals surface area contributed by atoms with Crippen LogP contribution in [0.3, 0.4) is 0 Å². The molecule has 31 heavy (non-hydrogen) atoms. The van der Waals surface area contributed by atoms with Crippen molar-refractivity contribution in [3.05, 3.63) is 58.2 Å². The monoisotopic (exact) mass is 448 g/mol. The molecule has 1 aromatic carbocycles. The fraction of sp³-hybridized carbons (Fsp3) is 0.350. The average Bonchev–Trinajstić information content (AvgIpc) is 2.69. The number of aromatic nitrogens is 2. The Bertz CT molecular complexity index is 983. The maximum absolute atomic E-state index is 14.1. The van der Waals surface area contributed by atoms with E-state index in [-0.39, 0.29) is 5.56 Å². The molecule has 0 amide bonds. The summed E-state index contributed by atoms with van der Waals surface area (Å²) in [5.41, 5.74) is -2.19. The number of hydrogen-bond donors (Lipinski definition) is 0. The minimum Gasteiger partial charge on any atom is -0.460 e. The molecule has 0 aliphatic rings. The summed E-state index contributed by atoms with van der Waals surface area (Å²) in [4.78, 5) is 18.7. The molecule has 0 saturated heterocycles. The van der Waals surface area contributed by atoms with Crippen LogP contribution in [0.4, 0.5) is 30.7 Å². The molecular weight excluding hydrogens is 433 g/mol. The molecule has 1 heterocycles. The summed E-state index contributed by atoms with van der Waals surface area (Å²) in [6, 6.07) is 0. The van der Waals surface area contributed by atoms with E-state index in [2.05, 4.69) is 9.97 Å². The second-order valence-electron chi connectivity index (χ2n) is 6.76. The third-order valence-corrected chi connectivity index (χ3v) is 4.29. The molecule has 1 atom stereocenters. The van der Waals surface area contributed by atoms with Crippen LogP contribution in [0, 0.1) is 41.5 Å². The van der Waals surface area contributed by atoms with Crippen molar-refractivity contribution in [3.8, 4) is 12.3 Å². The Labute approximate surface area is 172 Å². The van der Waals surface area contributed by atoms with Gasteiger partial charge in [0.15, 0.2) is 23.3 Å². The van der Waals surface area contributed by atoms with E-state index in [1.807, 2.05) is 5.92 Å². The molecule has 2 rings (SSSR count). The van der Waals surface area contributed by atoms with Crippen LogP contribution in [0.15, 0.2) is 12.4 Å². The van der Waals surface area contributed by atoms with Crippen molar-refractivity contribution in [2.75, 3.05) is 0 Å². The Morgan fingerprint density at radius 3 is 1.94 bits per heavy atom. The summed E-state index contributed by atoms with van der Waals surface area (Å²) < 4.78 is 98.9. The topological polar surface area (TPSA) is 52.1 Å². The summed E-state index contributed by atoms with van der Waals surface area (Å²) in [6.45, 7) is 1.89. The van der Waals surface area contributed by atoms with Crippen LogP contribution in [0.5, 0.6) is 0 Å². The van der Waals surface area contributed by atoms with Crippen molar-refractivity contribution in [2.24, 2.45) is 5.92 Å². The van der Waals surface area contributed by atoms with Gasteiger partial charge in [-0.1, -0.05) is 13.8 Å². The number of terminal acetylenes is 1. The minimum absolute atomic E-state index is 0.0457. The van der Waals surface area contributed by atoms with Gasteiger partial charge in [-0.3, -0.25) is 4.79 Å². The predicted octanol–water partition coefficient (Wildman–Crippen LogP) is 4.71. The summed E-state index contributed by atoms with van der Waals surface area (Å²) >= 11 is 0. The number of benzene rings is 1. The van der Waals surface area contributed by atoms with Crippen LogP contribution in [0.1, 0.15) is 42.3 Å². The lowest BCUT2D eigenvalue weighted by atomic mass is 9.90. The number of carbonyl (C=O) groups is 1. The highest BCUT2D eigenvalue weighted by Gasteiger charge is 2.35. The van der Waals surface area contributed by atoms with Gasteiger partial charge >= 0.3 is 12.1 Å². The Kier molecular flexibility index (Phi) is 7.25. The Hall–Kier alpha value is -3.16. The smallest absolute Gasteiger partial charge is 0.451 e. The molecule has 4 nitrogen and oxygen atoms in total. The van der Waals surface area contributed by atoms with Crippen molar-refractivity contribution < 1.29 is 40.3 Å². The van der Waals surface area contributed by atoms with E-state index in [0.29, 0.717) is 0 Å². The first-order valence-electron chi connectivity index (χ1n) is 8.73. The molecule has 0 aliphatic heterocycles. The van der Waals surface area contributed by atoms with Gasteiger partial charge in [-0.2, -0.15) is 13.2 Å². The lowest BCUT2D eigenvalue weighted by Crippen LogP contribution is -2.23. The first-order valence-corrected chi connectivity index (χ1v) is 8.73. The normalized spacial score (nSPS) is 12.5. The van der Waals surface area contributed by atoms with E-state index in [4.69, 9.17) is 11.2 Å². The molecule has 1 unspecified atom stereocenters. The van der Waals surface area contributed by atoms with Gasteiger partial charge in [0, 0.05) is 29.9 Å². The zero-order valence-corrected chi connectivity index (χ0v) is 16.2. The van der Waals surface area contributed by atoms with Crippen LogP contribution >= 0.6 is 0 Å². The van der Waals surface area contributed by atoms with E-state index in [1.54, 1.807) is 0 Å². The van der Waals surface area contributed by atoms with Crippen LogP contribution < -0.4 is 0 Å². The molecule has 0 bridgehead atoms. The largest absolute Gasteiger partial charge is 0.460 e. The Morgan fingerprint density at radius 1 is 1.03 bits per heavy atom. The van der Waals surface area contributed by atoms with Crippen LogP contribution in [0.2, 0.25) is 0 Å². The van der Waals surface area contributed by atoms with E-state index in [0.717, 1.165) is 12.4 Å². The van der Waals surface area contributed by atoms with Gasteiger partial charge in [-0.25, -0.2) is 27.5 Å². The molecule has 166 valence electrons. The summed E-state index contributed by atoms with van der Waals surface area (Å²) in [5, 5.41) is 0. The lowest BCUT2D eigenvalue weighted by molar-refractivity contribution is -0.148. The van der Waals surface area contributed by atoms with Crippen molar-refractivity contribution in [3.63, 3.8) is 0 Å². The van der Waals surface area contributed by atoms with Gasteiger partial charge in [-0.05, 0) is 5.92 Å². The van der Waals surface area contributed by atoms with Crippen LogP contribution in [-0.4, -0.2) is 15.9 Å². The Balaban J connectivity index is 2.28. The van der Waals surface area contributed by atoms with E-state index in [1.165, 1.54) is 13.8 Å². The zero-order valence-electron chi connectivity index (χ0n) is 16.2. The third kappa shape index (κ3) is 5.13. The fourth-order valence-electron chi connectivity index (χ4n) is 2.78. The predicted molar refractivity (Wildman–Crippen MR) is 93.2 cm³/mol. The van der Waals surface area contributed by atoms with Gasteiger partial charge < -0.3 is 4.74 Å². The number of esters is 1. The van der Waals surface area contributed by atoms with Gasteiger partial charge in [-0.15, -0.1) is 12.3 Å². The molecular formula is C20H15F7N2O2.